The minimum Gasteiger partial charge on any atom is -0.399 e. The molecular weight excluding hydrogens is 354 g/mol. The first-order chi connectivity index (χ1) is 9.28. The second-order valence-electron chi connectivity index (χ2n) is 3.95. The maximum Gasteiger partial charge on any atom is 0.262 e. The van der Waals surface area contributed by atoms with Gasteiger partial charge >= 0.3 is 0 Å². The number of nitrogens with one attached hydrogen (secondary N) is 1. The van der Waals surface area contributed by atoms with Crippen LogP contribution in [0.4, 0.5) is 20.2 Å². The van der Waals surface area contributed by atoms with E-state index in [1.807, 2.05) is 4.72 Å². The van der Waals surface area contributed by atoms with Crippen LogP contribution < -0.4 is 10.5 Å². The minimum absolute atomic E-state index is 0.0401. The van der Waals surface area contributed by atoms with Crippen molar-refractivity contribution in [1.29, 1.82) is 0 Å². The lowest BCUT2D eigenvalue weighted by molar-refractivity contribution is 0.593. The third kappa shape index (κ3) is 3.26. The van der Waals surface area contributed by atoms with Crippen LogP contribution in [-0.4, -0.2) is 8.42 Å². The first-order valence-corrected chi connectivity index (χ1v) is 7.59. The van der Waals surface area contributed by atoms with Crippen molar-refractivity contribution >= 4 is 37.3 Å². The highest BCUT2D eigenvalue weighted by Crippen LogP contribution is 2.23. The molecule has 0 heterocycles. The molecule has 0 amide bonds. The van der Waals surface area contributed by atoms with Gasteiger partial charge in [-0.1, -0.05) is 15.9 Å². The molecule has 0 unspecified atom stereocenters. The van der Waals surface area contributed by atoms with Crippen LogP contribution >= 0.6 is 15.9 Å². The summed E-state index contributed by atoms with van der Waals surface area (Å²) in [5.74, 6) is -1.55. The van der Waals surface area contributed by atoms with Crippen LogP contribution in [0.2, 0.25) is 0 Å². The van der Waals surface area contributed by atoms with Crippen molar-refractivity contribution in [2.24, 2.45) is 0 Å². The van der Waals surface area contributed by atoms with Gasteiger partial charge in [-0.05, 0) is 36.4 Å². The number of rotatable bonds is 3. The highest BCUT2D eigenvalue weighted by atomic mass is 79.9. The summed E-state index contributed by atoms with van der Waals surface area (Å²) in [4.78, 5) is -0.377. The Kier molecular flexibility index (Phi) is 3.96. The van der Waals surface area contributed by atoms with E-state index in [1.165, 1.54) is 12.1 Å². The van der Waals surface area contributed by atoms with E-state index in [1.54, 1.807) is 0 Å². The molecular formula is C12H9BrF2N2O2S. The lowest BCUT2D eigenvalue weighted by atomic mass is 10.3. The third-order valence-corrected chi connectivity index (χ3v) is 4.22. The zero-order chi connectivity index (χ0) is 14.9. The summed E-state index contributed by atoms with van der Waals surface area (Å²) < 4.78 is 53.3. The van der Waals surface area contributed by atoms with Crippen LogP contribution in [0.5, 0.6) is 0 Å². The van der Waals surface area contributed by atoms with Crippen LogP contribution in [-0.2, 0) is 10.0 Å². The smallest absolute Gasteiger partial charge is 0.262 e. The van der Waals surface area contributed by atoms with Crippen molar-refractivity contribution in [3.05, 3.63) is 52.5 Å². The standard InChI is InChI=1S/C12H9BrF2N2O2S/c13-7-1-2-12(11(15)3-7)17-20(18,19)10-5-8(14)4-9(16)6-10/h1-6,17H,16H2. The average molecular weight is 363 g/mol. The Hall–Kier alpha value is -1.67. The molecule has 106 valence electrons. The monoisotopic (exact) mass is 362 g/mol. The highest BCUT2D eigenvalue weighted by molar-refractivity contribution is 9.10. The van der Waals surface area contributed by atoms with Gasteiger partial charge in [-0.3, -0.25) is 4.72 Å². The van der Waals surface area contributed by atoms with Gasteiger partial charge < -0.3 is 5.73 Å². The molecule has 0 aliphatic carbocycles. The lowest BCUT2D eigenvalue weighted by Crippen LogP contribution is -2.14. The zero-order valence-corrected chi connectivity index (χ0v) is 12.3. The summed E-state index contributed by atoms with van der Waals surface area (Å²) >= 11 is 3.06. The summed E-state index contributed by atoms with van der Waals surface area (Å²) in [5, 5.41) is 0. The van der Waals surface area contributed by atoms with Crippen LogP contribution in [0.3, 0.4) is 0 Å². The van der Waals surface area contributed by atoms with Crippen LogP contribution in [0.15, 0.2) is 45.8 Å². The maximum absolute atomic E-state index is 13.6. The second kappa shape index (κ2) is 5.37. The predicted molar refractivity (Wildman–Crippen MR) is 75.7 cm³/mol. The summed E-state index contributed by atoms with van der Waals surface area (Å²) in [6.45, 7) is 0. The molecule has 0 aliphatic rings. The third-order valence-electron chi connectivity index (χ3n) is 2.38. The molecule has 0 aliphatic heterocycles. The largest absolute Gasteiger partial charge is 0.399 e. The maximum atomic E-state index is 13.6. The number of hydrogen-bond donors (Lipinski definition) is 2. The van der Waals surface area contributed by atoms with Crippen LogP contribution in [0.1, 0.15) is 0 Å². The van der Waals surface area contributed by atoms with Gasteiger partial charge in [-0.25, -0.2) is 17.2 Å². The molecule has 0 bridgehead atoms. The lowest BCUT2D eigenvalue weighted by Gasteiger charge is -2.10. The van der Waals surface area contributed by atoms with Crippen molar-refractivity contribution in [2.75, 3.05) is 10.5 Å². The van der Waals surface area contributed by atoms with Gasteiger partial charge in [0.25, 0.3) is 10.0 Å². The van der Waals surface area contributed by atoms with Gasteiger partial charge in [0.1, 0.15) is 11.6 Å². The molecule has 20 heavy (non-hydrogen) atoms. The van der Waals surface area contributed by atoms with Gasteiger partial charge in [0.2, 0.25) is 0 Å². The quantitative estimate of drug-likeness (QED) is 0.824. The molecule has 0 radical (unpaired) electrons. The molecule has 8 heteroatoms. The topological polar surface area (TPSA) is 72.2 Å². The van der Waals surface area contributed by atoms with E-state index in [9.17, 15) is 17.2 Å². The molecule has 4 nitrogen and oxygen atoms in total. The fourth-order valence-corrected chi connectivity index (χ4v) is 2.98. The Morgan fingerprint density at radius 2 is 1.80 bits per heavy atom. The molecule has 2 rings (SSSR count). The Morgan fingerprint density at radius 1 is 1.10 bits per heavy atom. The average Bonchev–Trinajstić information content (AvgIpc) is 2.31. The van der Waals surface area contributed by atoms with Crippen LogP contribution in [0, 0.1) is 11.6 Å². The summed E-state index contributed by atoms with van der Waals surface area (Å²) in [6.07, 6.45) is 0. The van der Waals surface area contributed by atoms with E-state index < -0.39 is 21.7 Å². The van der Waals surface area contributed by atoms with Crippen molar-refractivity contribution < 1.29 is 17.2 Å². The second-order valence-corrected chi connectivity index (χ2v) is 6.55. The van der Waals surface area contributed by atoms with E-state index in [4.69, 9.17) is 5.73 Å². The Balaban J connectivity index is 2.40. The normalized spacial score (nSPS) is 11.3. The number of halogens is 3. The fourth-order valence-electron chi connectivity index (χ4n) is 1.52. The minimum atomic E-state index is -4.12. The number of sulfonamides is 1. The molecule has 0 saturated heterocycles. The molecule has 0 saturated carbocycles. The summed E-state index contributed by atoms with van der Waals surface area (Å²) in [5.41, 5.74) is 5.11. The Labute approximate surface area is 122 Å². The predicted octanol–water partition coefficient (Wildman–Crippen LogP) is 3.11. The number of nitrogen functional groups attached to an aromatic ring is 1. The van der Waals surface area contributed by atoms with Crippen molar-refractivity contribution in [3.63, 3.8) is 0 Å². The van der Waals surface area contributed by atoms with Crippen molar-refractivity contribution in [3.8, 4) is 0 Å². The molecule has 3 N–H and O–H groups in total. The highest BCUT2D eigenvalue weighted by Gasteiger charge is 2.17. The number of nitrogens with two attached hydrogens (primary N) is 1. The van der Waals surface area contributed by atoms with Gasteiger partial charge in [-0.2, -0.15) is 0 Å². The molecule has 0 aromatic heterocycles. The van der Waals surface area contributed by atoms with E-state index in [0.29, 0.717) is 4.47 Å². The van der Waals surface area contributed by atoms with Gasteiger partial charge in [0, 0.05) is 10.2 Å². The fraction of sp³-hybridized carbons (Fsp3) is 0. The Bertz CT molecular complexity index is 746. The SMILES string of the molecule is Nc1cc(F)cc(S(=O)(=O)Nc2ccc(Br)cc2F)c1. The van der Waals surface area contributed by atoms with Gasteiger partial charge in [0.15, 0.2) is 0 Å². The van der Waals surface area contributed by atoms with E-state index in [2.05, 4.69) is 15.9 Å². The molecule has 0 fully saturated rings. The van der Waals surface area contributed by atoms with Crippen molar-refractivity contribution in [2.45, 2.75) is 4.90 Å². The molecule has 2 aromatic rings. The van der Waals surface area contributed by atoms with Crippen molar-refractivity contribution in [1.82, 2.24) is 0 Å². The summed E-state index contributed by atoms with van der Waals surface area (Å²) in [7, 11) is -4.12. The first-order valence-electron chi connectivity index (χ1n) is 5.32. The number of hydrogen-bond acceptors (Lipinski definition) is 3. The number of benzene rings is 2. The molecule has 2 aromatic carbocycles. The molecule has 0 spiro atoms. The van der Waals surface area contributed by atoms with E-state index in [0.717, 1.165) is 24.3 Å². The number of anilines is 2. The molecule has 0 atom stereocenters. The summed E-state index contributed by atoms with van der Waals surface area (Å²) in [6, 6.07) is 6.70. The zero-order valence-electron chi connectivity index (χ0n) is 9.90. The van der Waals surface area contributed by atoms with Crippen LogP contribution in [0.25, 0.3) is 0 Å². The van der Waals surface area contributed by atoms with Gasteiger partial charge in [0.05, 0.1) is 10.6 Å². The van der Waals surface area contributed by atoms with E-state index >= 15 is 0 Å². The van der Waals surface area contributed by atoms with E-state index in [-0.39, 0.29) is 16.3 Å². The first kappa shape index (κ1) is 14.7. The Morgan fingerprint density at radius 3 is 2.40 bits per heavy atom. The van der Waals surface area contributed by atoms with Gasteiger partial charge in [-0.15, -0.1) is 0 Å².